The van der Waals surface area contributed by atoms with E-state index in [4.69, 9.17) is 22.1 Å². The number of nitrogens with zero attached hydrogens (tertiary/aromatic N) is 3. The molecule has 2 aliphatic rings. The number of halogens is 2. The lowest BCUT2D eigenvalue weighted by Gasteiger charge is -2.31. The molecule has 1 aromatic rings. The molecule has 30 heavy (non-hydrogen) atoms. The molecule has 3 rings (SSSR count). The second-order valence-corrected chi connectivity index (χ2v) is 8.30. The van der Waals surface area contributed by atoms with Crippen LogP contribution in [0, 0.1) is 12.8 Å². The van der Waals surface area contributed by atoms with Gasteiger partial charge in [0.05, 0.1) is 6.61 Å². The van der Waals surface area contributed by atoms with E-state index in [1.165, 1.54) is 11.3 Å². The summed E-state index contributed by atoms with van der Waals surface area (Å²) < 4.78 is 5.05. The maximum absolute atomic E-state index is 11.8. The van der Waals surface area contributed by atoms with Gasteiger partial charge in [0.2, 0.25) is 0 Å². The summed E-state index contributed by atoms with van der Waals surface area (Å²) in [6.45, 7) is 8.41. The molecule has 0 aliphatic carbocycles. The number of hydrogen-bond donors (Lipinski definition) is 2. The molecule has 3 N–H and O–H groups in total. The molecule has 2 fully saturated rings. The van der Waals surface area contributed by atoms with Crippen LogP contribution in [0.5, 0.6) is 0 Å². The van der Waals surface area contributed by atoms with Crippen LogP contribution in [0.1, 0.15) is 31.7 Å². The molecule has 0 saturated carbocycles. The van der Waals surface area contributed by atoms with Crippen LogP contribution in [-0.4, -0.2) is 62.3 Å². The minimum atomic E-state index is -0.228. The quantitative estimate of drug-likeness (QED) is 0.333. The summed E-state index contributed by atoms with van der Waals surface area (Å²) in [5.41, 5.74) is 8.57. The van der Waals surface area contributed by atoms with Crippen molar-refractivity contribution in [1.82, 2.24) is 10.2 Å². The van der Waals surface area contributed by atoms with E-state index in [1.54, 1.807) is 4.90 Å². The number of ether oxygens (including phenoxy) is 1. The lowest BCUT2D eigenvalue weighted by Crippen LogP contribution is -2.48. The van der Waals surface area contributed by atoms with E-state index in [1.807, 2.05) is 19.1 Å². The van der Waals surface area contributed by atoms with E-state index < -0.39 is 0 Å². The Kier molecular flexibility index (Phi) is 9.80. The SMILES string of the molecule is CCOC(=O)N1CCC(NC(N)=NCC2CCN(c3cc(Cl)ccc3C)C2)CC1.I. The minimum Gasteiger partial charge on any atom is -0.450 e. The highest BCUT2D eigenvalue weighted by Crippen LogP contribution is 2.29. The number of piperidine rings is 1. The summed E-state index contributed by atoms with van der Waals surface area (Å²) in [5.74, 6) is 0.983. The molecule has 9 heteroatoms. The number of carbonyl (C=O) groups is 1. The summed E-state index contributed by atoms with van der Waals surface area (Å²) in [6.07, 6.45) is 2.56. The van der Waals surface area contributed by atoms with Gasteiger partial charge >= 0.3 is 6.09 Å². The van der Waals surface area contributed by atoms with Gasteiger partial charge in [-0.1, -0.05) is 17.7 Å². The van der Waals surface area contributed by atoms with Gasteiger partial charge in [-0.2, -0.15) is 0 Å². The first-order valence-corrected chi connectivity index (χ1v) is 10.8. The van der Waals surface area contributed by atoms with Crippen molar-refractivity contribution in [3.05, 3.63) is 28.8 Å². The van der Waals surface area contributed by atoms with E-state index in [-0.39, 0.29) is 36.1 Å². The van der Waals surface area contributed by atoms with Gasteiger partial charge in [0.15, 0.2) is 5.96 Å². The van der Waals surface area contributed by atoms with Crippen molar-refractivity contribution in [1.29, 1.82) is 0 Å². The Morgan fingerprint density at radius 1 is 1.30 bits per heavy atom. The normalized spacial score (nSPS) is 20.1. The largest absolute Gasteiger partial charge is 0.450 e. The predicted molar refractivity (Wildman–Crippen MR) is 133 cm³/mol. The average Bonchev–Trinajstić information content (AvgIpc) is 3.18. The fraction of sp³-hybridized carbons (Fsp3) is 0.619. The van der Waals surface area contributed by atoms with E-state index >= 15 is 0 Å². The number of carbonyl (C=O) groups excluding carboxylic acids is 1. The third-order valence-electron chi connectivity index (χ3n) is 5.69. The lowest BCUT2D eigenvalue weighted by atomic mass is 10.1. The highest BCUT2D eigenvalue weighted by molar-refractivity contribution is 14.0. The first-order valence-electron chi connectivity index (χ1n) is 10.5. The average molecular weight is 550 g/mol. The van der Waals surface area contributed by atoms with Gasteiger partial charge in [-0.05, 0) is 56.7 Å². The summed E-state index contributed by atoms with van der Waals surface area (Å²) in [5, 5.41) is 4.08. The molecule has 1 atom stereocenters. The van der Waals surface area contributed by atoms with Crippen LogP contribution in [0.15, 0.2) is 23.2 Å². The third kappa shape index (κ3) is 6.80. The van der Waals surface area contributed by atoms with Crippen LogP contribution >= 0.6 is 35.6 Å². The molecule has 168 valence electrons. The Morgan fingerprint density at radius 2 is 2.03 bits per heavy atom. The van der Waals surface area contributed by atoms with Gasteiger partial charge in [-0.25, -0.2) is 4.79 Å². The Balaban J connectivity index is 0.00000320. The number of aliphatic imine (C=N–C) groups is 1. The van der Waals surface area contributed by atoms with E-state index in [2.05, 4.69) is 28.2 Å². The molecule has 0 bridgehead atoms. The number of nitrogens with one attached hydrogen (secondary N) is 1. The number of nitrogens with two attached hydrogens (primary N) is 1. The zero-order valence-corrected chi connectivity index (χ0v) is 20.9. The van der Waals surface area contributed by atoms with Crippen LogP contribution in [0.3, 0.4) is 0 Å². The smallest absolute Gasteiger partial charge is 0.409 e. The molecule has 1 unspecified atom stereocenters. The van der Waals surface area contributed by atoms with Crippen molar-refractivity contribution in [2.24, 2.45) is 16.6 Å². The van der Waals surface area contributed by atoms with E-state index in [0.717, 1.165) is 43.9 Å². The second kappa shape index (κ2) is 11.8. The lowest BCUT2D eigenvalue weighted by molar-refractivity contribution is 0.0963. The summed E-state index contributed by atoms with van der Waals surface area (Å²) >= 11 is 6.17. The molecule has 2 aliphatic heterocycles. The second-order valence-electron chi connectivity index (χ2n) is 7.86. The van der Waals surface area contributed by atoms with Gasteiger partial charge < -0.3 is 25.6 Å². The van der Waals surface area contributed by atoms with Crippen LogP contribution in [-0.2, 0) is 4.74 Å². The Hall–Kier alpha value is -1.42. The van der Waals surface area contributed by atoms with Gasteiger partial charge in [-0.15, -0.1) is 24.0 Å². The van der Waals surface area contributed by atoms with Crippen molar-refractivity contribution >= 4 is 53.3 Å². The summed E-state index contributed by atoms with van der Waals surface area (Å²) in [7, 11) is 0. The fourth-order valence-electron chi connectivity index (χ4n) is 4.03. The van der Waals surface area contributed by atoms with Crippen LogP contribution in [0.2, 0.25) is 5.02 Å². The molecule has 2 heterocycles. The third-order valence-corrected chi connectivity index (χ3v) is 5.93. The number of benzene rings is 1. The van der Waals surface area contributed by atoms with Crippen molar-refractivity contribution in [3.63, 3.8) is 0 Å². The number of likely N-dealkylation sites (tertiary alicyclic amines) is 1. The maximum Gasteiger partial charge on any atom is 0.409 e. The Morgan fingerprint density at radius 3 is 2.73 bits per heavy atom. The molecule has 2 saturated heterocycles. The molecular formula is C21H33ClIN5O2. The number of aryl methyl sites for hydroxylation is 1. The molecule has 7 nitrogen and oxygen atoms in total. The molecule has 1 amide bonds. The topological polar surface area (TPSA) is 83.2 Å². The summed E-state index contributed by atoms with van der Waals surface area (Å²) in [4.78, 5) is 20.5. The van der Waals surface area contributed by atoms with Crippen molar-refractivity contribution < 1.29 is 9.53 Å². The van der Waals surface area contributed by atoms with Crippen molar-refractivity contribution in [3.8, 4) is 0 Å². The van der Waals surface area contributed by atoms with Gasteiger partial charge in [0.1, 0.15) is 0 Å². The first kappa shape index (κ1) is 24.8. The predicted octanol–water partition coefficient (Wildman–Crippen LogP) is 3.62. The number of rotatable bonds is 5. The van der Waals surface area contributed by atoms with Crippen molar-refractivity contribution in [2.75, 3.05) is 44.2 Å². The molecule has 0 aromatic heterocycles. The number of amides is 1. The zero-order valence-electron chi connectivity index (χ0n) is 17.8. The van der Waals surface area contributed by atoms with Gasteiger partial charge in [-0.3, -0.25) is 4.99 Å². The monoisotopic (exact) mass is 549 g/mol. The van der Waals surface area contributed by atoms with Gasteiger partial charge in [0.25, 0.3) is 0 Å². The highest BCUT2D eigenvalue weighted by Gasteiger charge is 2.25. The van der Waals surface area contributed by atoms with Gasteiger partial charge in [0, 0.05) is 49.5 Å². The van der Waals surface area contributed by atoms with E-state index in [0.29, 0.717) is 31.6 Å². The van der Waals surface area contributed by atoms with Crippen LogP contribution in [0.25, 0.3) is 0 Å². The molecule has 0 radical (unpaired) electrons. The summed E-state index contributed by atoms with van der Waals surface area (Å²) in [6, 6.07) is 6.29. The Bertz CT molecular complexity index is 740. The molecule has 0 spiro atoms. The Labute approximate surface area is 201 Å². The number of anilines is 1. The molecular weight excluding hydrogens is 517 g/mol. The van der Waals surface area contributed by atoms with E-state index in [9.17, 15) is 4.79 Å². The van der Waals surface area contributed by atoms with Crippen molar-refractivity contribution in [2.45, 2.75) is 39.2 Å². The number of guanidine groups is 1. The fourth-order valence-corrected chi connectivity index (χ4v) is 4.19. The van der Waals surface area contributed by atoms with Crippen LogP contribution < -0.4 is 16.0 Å². The van der Waals surface area contributed by atoms with Crippen LogP contribution in [0.4, 0.5) is 10.5 Å². The number of hydrogen-bond acceptors (Lipinski definition) is 4. The zero-order chi connectivity index (χ0) is 20.8. The molecule has 1 aromatic carbocycles. The maximum atomic E-state index is 11.8. The highest BCUT2D eigenvalue weighted by atomic mass is 127. The minimum absolute atomic E-state index is 0. The first-order chi connectivity index (χ1) is 14.0. The standard InChI is InChI=1S/C21H32ClN5O2.HI/c1-3-29-21(28)26-10-7-18(8-11-26)25-20(23)24-13-16-6-9-27(14-16)19-12-17(22)5-4-15(19)2;/h4-5,12,16,18H,3,6-11,13-14H2,1-2H3,(H3,23,24,25);1H.